The predicted octanol–water partition coefficient (Wildman–Crippen LogP) is 3.52. The van der Waals surface area contributed by atoms with Crippen molar-refractivity contribution in [2.45, 2.75) is 12.8 Å². The third-order valence-electron chi connectivity index (χ3n) is 4.52. The van der Waals surface area contributed by atoms with Crippen molar-refractivity contribution in [1.82, 2.24) is 20.2 Å². The van der Waals surface area contributed by atoms with E-state index in [4.69, 9.17) is 0 Å². The van der Waals surface area contributed by atoms with Gasteiger partial charge in [-0.05, 0) is 31.0 Å². The number of benzene rings is 1. The molecule has 0 radical (unpaired) electrons. The molecule has 1 fully saturated rings. The maximum Gasteiger partial charge on any atom is 0.228 e. The zero-order valence-corrected chi connectivity index (χ0v) is 13.4. The number of rotatable bonds is 3. The number of pyridine rings is 2. The van der Waals surface area contributed by atoms with Crippen molar-refractivity contribution in [2.75, 3.05) is 5.32 Å². The van der Waals surface area contributed by atoms with Gasteiger partial charge in [0, 0.05) is 28.5 Å². The smallest absolute Gasteiger partial charge is 0.228 e. The molecule has 0 bridgehead atoms. The van der Waals surface area contributed by atoms with E-state index in [0.717, 1.165) is 45.9 Å². The topological polar surface area (TPSA) is 83.6 Å². The lowest BCUT2D eigenvalue weighted by Crippen LogP contribution is -2.13. The highest BCUT2D eigenvalue weighted by Crippen LogP contribution is 2.32. The first kappa shape index (κ1) is 14.1. The minimum absolute atomic E-state index is 0.0409. The van der Waals surface area contributed by atoms with Crippen molar-refractivity contribution in [3.05, 3.63) is 48.8 Å². The van der Waals surface area contributed by atoms with Gasteiger partial charge in [0.2, 0.25) is 5.91 Å². The summed E-state index contributed by atoms with van der Waals surface area (Å²) in [4.78, 5) is 21.0. The molecule has 2 N–H and O–H groups in total. The van der Waals surface area contributed by atoms with E-state index >= 15 is 0 Å². The zero-order chi connectivity index (χ0) is 16.8. The van der Waals surface area contributed by atoms with E-state index in [0.29, 0.717) is 5.82 Å². The van der Waals surface area contributed by atoms with Gasteiger partial charge in [0.1, 0.15) is 0 Å². The molecule has 4 aromatic rings. The largest absolute Gasteiger partial charge is 0.308 e. The van der Waals surface area contributed by atoms with Crippen LogP contribution in [0.2, 0.25) is 0 Å². The van der Waals surface area contributed by atoms with Crippen LogP contribution in [0.5, 0.6) is 0 Å². The lowest BCUT2D eigenvalue weighted by atomic mass is 10.1. The van der Waals surface area contributed by atoms with Crippen LogP contribution in [0.3, 0.4) is 0 Å². The highest BCUT2D eigenvalue weighted by atomic mass is 16.2. The fraction of sp³-hybridized carbons (Fsp3) is 0.158. The van der Waals surface area contributed by atoms with Gasteiger partial charge >= 0.3 is 0 Å². The van der Waals surface area contributed by atoms with Crippen molar-refractivity contribution in [2.24, 2.45) is 5.92 Å². The number of anilines is 1. The Morgan fingerprint density at radius 2 is 2.00 bits per heavy atom. The van der Waals surface area contributed by atoms with Crippen molar-refractivity contribution in [3.8, 4) is 11.3 Å². The molecule has 6 nitrogen and oxygen atoms in total. The first-order chi connectivity index (χ1) is 12.3. The quantitative estimate of drug-likeness (QED) is 0.602. The van der Waals surface area contributed by atoms with Crippen LogP contribution >= 0.6 is 0 Å². The van der Waals surface area contributed by atoms with Crippen LogP contribution in [0.15, 0.2) is 48.8 Å². The van der Waals surface area contributed by atoms with Gasteiger partial charge in [-0.25, -0.2) is 0 Å². The van der Waals surface area contributed by atoms with E-state index in [1.54, 1.807) is 6.20 Å². The van der Waals surface area contributed by atoms with Crippen molar-refractivity contribution in [1.29, 1.82) is 0 Å². The predicted molar refractivity (Wildman–Crippen MR) is 96.0 cm³/mol. The average Bonchev–Trinajstić information content (AvgIpc) is 3.44. The Balaban J connectivity index is 1.57. The number of carbonyl (C=O) groups is 1. The number of fused-ring (bicyclic) bond motifs is 2. The minimum Gasteiger partial charge on any atom is -0.308 e. The third-order valence-corrected chi connectivity index (χ3v) is 4.52. The van der Waals surface area contributed by atoms with Gasteiger partial charge in [-0.3, -0.25) is 19.9 Å². The molecule has 0 spiro atoms. The Kier molecular flexibility index (Phi) is 3.03. The Morgan fingerprint density at radius 1 is 1.12 bits per heavy atom. The molecule has 1 amide bonds. The van der Waals surface area contributed by atoms with Crippen molar-refractivity contribution in [3.63, 3.8) is 0 Å². The molecule has 0 aliphatic heterocycles. The van der Waals surface area contributed by atoms with Crippen LogP contribution in [-0.4, -0.2) is 26.1 Å². The van der Waals surface area contributed by atoms with Crippen LogP contribution < -0.4 is 5.32 Å². The van der Waals surface area contributed by atoms with Crippen LogP contribution in [0.25, 0.3) is 33.1 Å². The summed E-state index contributed by atoms with van der Waals surface area (Å²) in [5.74, 6) is 0.737. The minimum atomic E-state index is 0.0409. The summed E-state index contributed by atoms with van der Waals surface area (Å²) in [6.07, 6.45) is 5.48. The van der Waals surface area contributed by atoms with Gasteiger partial charge in [-0.2, -0.15) is 5.10 Å². The second kappa shape index (κ2) is 5.37. The molecule has 25 heavy (non-hydrogen) atoms. The van der Waals surface area contributed by atoms with Crippen LogP contribution in [-0.2, 0) is 4.79 Å². The van der Waals surface area contributed by atoms with Crippen LogP contribution in [0, 0.1) is 5.92 Å². The lowest BCUT2D eigenvalue weighted by Gasteiger charge is -2.04. The number of H-pyrrole nitrogens is 1. The summed E-state index contributed by atoms with van der Waals surface area (Å²) in [6, 6.07) is 12.0. The van der Waals surface area contributed by atoms with Crippen molar-refractivity contribution < 1.29 is 4.79 Å². The summed E-state index contributed by atoms with van der Waals surface area (Å²) in [6.45, 7) is 0. The van der Waals surface area contributed by atoms with Crippen LogP contribution in [0.1, 0.15) is 12.8 Å². The summed E-state index contributed by atoms with van der Waals surface area (Å²) < 4.78 is 0. The number of nitrogens with zero attached hydrogens (tertiary/aromatic N) is 3. The van der Waals surface area contributed by atoms with E-state index in [1.165, 1.54) is 0 Å². The molecule has 1 aromatic carbocycles. The SMILES string of the molecule is O=C(Nc1n[nH]c2cnc(-c3cnc4ccccc4c3)cc12)C1CC1. The van der Waals surface area contributed by atoms with Gasteiger partial charge in [-0.15, -0.1) is 0 Å². The molecule has 0 atom stereocenters. The third kappa shape index (κ3) is 2.52. The summed E-state index contributed by atoms with van der Waals surface area (Å²) in [5.41, 5.74) is 3.48. The molecule has 5 rings (SSSR count). The van der Waals surface area contributed by atoms with E-state index in [2.05, 4.69) is 31.5 Å². The molecule has 1 saturated carbocycles. The normalized spacial score (nSPS) is 14.1. The fourth-order valence-corrected chi connectivity index (χ4v) is 2.95. The number of hydrogen-bond acceptors (Lipinski definition) is 4. The van der Waals surface area contributed by atoms with E-state index < -0.39 is 0 Å². The number of hydrogen-bond donors (Lipinski definition) is 2. The highest BCUT2D eigenvalue weighted by molar-refractivity contribution is 6.02. The average molecular weight is 329 g/mol. The zero-order valence-electron chi connectivity index (χ0n) is 13.4. The molecular formula is C19H15N5O. The molecule has 0 saturated heterocycles. The number of carbonyl (C=O) groups excluding carboxylic acids is 1. The van der Waals surface area contributed by atoms with Gasteiger partial charge in [-0.1, -0.05) is 18.2 Å². The number of aromatic amines is 1. The number of para-hydroxylation sites is 1. The molecule has 6 heteroatoms. The lowest BCUT2D eigenvalue weighted by molar-refractivity contribution is -0.117. The Labute approximate surface area is 143 Å². The molecule has 122 valence electrons. The van der Waals surface area contributed by atoms with E-state index in [9.17, 15) is 4.79 Å². The van der Waals surface area contributed by atoms with Gasteiger partial charge < -0.3 is 5.32 Å². The maximum absolute atomic E-state index is 12.0. The molecule has 3 heterocycles. The fourth-order valence-electron chi connectivity index (χ4n) is 2.95. The molecular weight excluding hydrogens is 314 g/mol. The summed E-state index contributed by atoms with van der Waals surface area (Å²) >= 11 is 0. The van der Waals surface area contributed by atoms with Gasteiger partial charge in [0.15, 0.2) is 5.82 Å². The van der Waals surface area contributed by atoms with Gasteiger partial charge in [0.25, 0.3) is 0 Å². The highest BCUT2D eigenvalue weighted by Gasteiger charge is 2.30. The Bertz CT molecular complexity index is 1110. The monoisotopic (exact) mass is 329 g/mol. The summed E-state index contributed by atoms with van der Waals surface area (Å²) in [5, 5.41) is 12.0. The van der Waals surface area contributed by atoms with Gasteiger partial charge in [0.05, 0.1) is 22.9 Å². The first-order valence-corrected chi connectivity index (χ1v) is 8.28. The standard InChI is InChI=1S/C19H15N5O/c25-19(11-5-6-11)22-18-14-8-16(21-10-17(14)23-24-18)13-7-12-3-1-2-4-15(12)20-9-13/h1-4,7-11H,5-6H2,(H2,22,23,24,25). The first-order valence-electron chi connectivity index (χ1n) is 8.28. The van der Waals surface area contributed by atoms with Crippen LogP contribution in [0.4, 0.5) is 5.82 Å². The molecule has 1 aliphatic rings. The Morgan fingerprint density at radius 3 is 2.88 bits per heavy atom. The van der Waals surface area contributed by atoms with Crippen molar-refractivity contribution >= 4 is 33.5 Å². The molecule has 0 unspecified atom stereocenters. The number of amides is 1. The van der Waals surface area contributed by atoms with E-state index in [-0.39, 0.29) is 11.8 Å². The Hall–Kier alpha value is -3.28. The molecule has 1 aliphatic carbocycles. The summed E-state index contributed by atoms with van der Waals surface area (Å²) in [7, 11) is 0. The number of nitrogens with one attached hydrogen (secondary N) is 2. The second-order valence-corrected chi connectivity index (χ2v) is 6.37. The maximum atomic E-state index is 12.0. The molecule has 3 aromatic heterocycles. The van der Waals surface area contributed by atoms with E-state index in [1.807, 2.05) is 36.5 Å². The second-order valence-electron chi connectivity index (χ2n) is 6.37. The number of aromatic nitrogens is 4.